The van der Waals surface area contributed by atoms with E-state index in [1.54, 1.807) is 0 Å². The van der Waals surface area contributed by atoms with Gasteiger partial charge in [-0.05, 0) is 0 Å². The van der Waals surface area contributed by atoms with Crippen LogP contribution >= 0.6 is 0 Å². The standard InChI is InChI=1S/C6H10NO3/c8-4-3-7-2-1-5(9)6(7)10/h6,10H,1-4H2. The molecule has 0 amide bonds. The smallest absolute Gasteiger partial charge is 0.177 e. The minimum Gasteiger partial charge on any atom is -0.371 e. The second-order valence-electron chi connectivity index (χ2n) is 2.33. The van der Waals surface area contributed by atoms with Gasteiger partial charge in [0, 0.05) is 19.5 Å². The number of Topliss-reactive ketones (excluding diaryl/α,β-unsaturated/α-hetero) is 1. The van der Waals surface area contributed by atoms with Gasteiger partial charge >= 0.3 is 0 Å². The molecule has 0 bridgehead atoms. The van der Waals surface area contributed by atoms with Gasteiger partial charge in [0.1, 0.15) is 0 Å². The van der Waals surface area contributed by atoms with E-state index < -0.39 is 6.23 Å². The van der Waals surface area contributed by atoms with E-state index in [2.05, 4.69) is 0 Å². The van der Waals surface area contributed by atoms with Crippen LogP contribution in [0.3, 0.4) is 0 Å². The van der Waals surface area contributed by atoms with Crippen LogP contribution in [-0.2, 0) is 9.90 Å². The van der Waals surface area contributed by atoms with Crippen molar-refractivity contribution < 1.29 is 15.0 Å². The number of likely N-dealkylation sites (tertiary alicyclic amines) is 1. The van der Waals surface area contributed by atoms with E-state index in [-0.39, 0.29) is 18.9 Å². The maximum Gasteiger partial charge on any atom is 0.177 e. The van der Waals surface area contributed by atoms with Gasteiger partial charge in [-0.2, -0.15) is 0 Å². The quantitative estimate of drug-likeness (QED) is 0.541. The lowest BCUT2D eigenvalue weighted by Gasteiger charge is -2.15. The van der Waals surface area contributed by atoms with Crippen molar-refractivity contribution in [1.29, 1.82) is 0 Å². The summed E-state index contributed by atoms with van der Waals surface area (Å²) in [6.07, 6.45) is -0.629. The van der Waals surface area contributed by atoms with Gasteiger partial charge in [0.2, 0.25) is 0 Å². The molecule has 1 rings (SSSR count). The van der Waals surface area contributed by atoms with Gasteiger partial charge in [-0.15, -0.1) is 0 Å². The zero-order valence-corrected chi connectivity index (χ0v) is 5.62. The van der Waals surface area contributed by atoms with Crippen molar-refractivity contribution in [2.45, 2.75) is 12.6 Å². The molecule has 0 saturated carbocycles. The highest BCUT2D eigenvalue weighted by Gasteiger charge is 2.29. The zero-order valence-electron chi connectivity index (χ0n) is 5.62. The van der Waals surface area contributed by atoms with E-state index in [0.717, 1.165) is 0 Å². The Morgan fingerprint density at radius 3 is 2.80 bits per heavy atom. The largest absolute Gasteiger partial charge is 0.371 e. The van der Waals surface area contributed by atoms with Crippen LogP contribution in [-0.4, -0.2) is 41.7 Å². The van der Waals surface area contributed by atoms with Crippen molar-refractivity contribution in [1.82, 2.24) is 4.90 Å². The Kier molecular flexibility index (Phi) is 2.37. The molecule has 1 heterocycles. The average Bonchev–Trinajstić information content (AvgIpc) is 2.20. The van der Waals surface area contributed by atoms with Gasteiger partial charge in [0.25, 0.3) is 0 Å². The second kappa shape index (κ2) is 3.09. The van der Waals surface area contributed by atoms with Crippen molar-refractivity contribution >= 4 is 5.78 Å². The molecular formula is C6H10NO3. The molecule has 0 aromatic rings. The lowest BCUT2D eigenvalue weighted by Crippen LogP contribution is -2.34. The van der Waals surface area contributed by atoms with Crippen molar-refractivity contribution in [3.05, 3.63) is 0 Å². The summed E-state index contributed by atoms with van der Waals surface area (Å²) in [5.74, 6) is -0.173. The van der Waals surface area contributed by atoms with Gasteiger partial charge in [-0.25, -0.2) is 5.11 Å². The van der Waals surface area contributed by atoms with Crippen molar-refractivity contribution in [3.63, 3.8) is 0 Å². The highest BCUT2D eigenvalue weighted by atomic mass is 16.3. The van der Waals surface area contributed by atoms with Crippen molar-refractivity contribution in [3.8, 4) is 0 Å². The van der Waals surface area contributed by atoms with Crippen LogP contribution in [0.4, 0.5) is 0 Å². The Morgan fingerprint density at radius 2 is 2.40 bits per heavy atom. The third kappa shape index (κ3) is 1.34. The highest BCUT2D eigenvalue weighted by molar-refractivity contribution is 5.84. The second-order valence-corrected chi connectivity index (χ2v) is 2.33. The Labute approximate surface area is 59.1 Å². The predicted octanol–water partition coefficient (Wildman–Crippen LogP) is -0.990. The summed E-state index contributed by atoms with van der Waals surface area (Å²) in [7, 11) is 0. The van der Waals surface area contributed by atoms with Gasteiger partial charge in [-0.1, -0.05) is 0 Å². The zero-order chi connectivity index (χ0) is 7.56. The molecule has 4 heteroatoms. The summed E-state index contributed by atoms with van der Waals surface area (Å²) in [5, 5.41) is 19.1. The number of rotatable bonds is 2. The van der Waals surface area contributed by atoms with Crippen LogP contribution in [0, 0.1) is 0 Å². The minimum atomic E-state index is -1.01. The number of carbonyl (C=O) groups is 1. The first-order valence-corrected chi connectivity index (χ1v) is 3.28. The van der Waals surface area contributed by atoms with Crippen molar-refractivity contribution in [2.75, 3.05) is 19.7 Å². The first kappa shape index (κ1) is 7.65. The first-order valence-electron chi connectivity index (χ1n) is 3.28. The molecule has 1 atom stereocenters. The van der Waals surface area contributed by atoms with Gasteiger partial charge in [-0.3, -0.25) is 9.69 Å². The number of carbonyl (C=O) groups excluding carboxylic acids is 1. The number of nitrogens with zero attached hydrogens (tertiary/aromatic N) is 1. The molecule has 0 spiro atoms. The number of hydrogen-bond donors (Lipinski definition) is 1. The summed E-state index contributed by atoms with van der Waals surface area (Å²) >= 11 is 0. The molecule has 1 N–H and O–H groups in total. The maximum atomic E-state index is 10.7. The van der Waals surface area contributed by atoms with Crippen LogP contribution in [0.25, 0.3) is 0 Å². The summed E-state index contributed by atoms with van der Waals surface area (Å²) in [6.45, 7) is 0.541. The van der Waals surface area contributed by atoms with E-state index in [1.807, 2.05) is 0 Å². The Hall–Kier alpha value is -0.450. The Bertz CT molecular complexity index is 137. The fourth-order valence-electron chi connectivity index (χ4n) is 1.06. The van der Waals surface area contributed by atoms with Gasteiger partial charge < -0.3 is 5.11 Å². The van der Waals surface area contributed by atoms with E-state index in [0.29, 0.717) is 13.0 Å². The van der Waals surface area contributed by atoms with Crippen LogP contribution in [0.2, 0.25) is 0 Å². The van der Waals surface area contributed by atoms with Crippen LogP contribution < -0.4 is 0 Å². The third-order valence-corrected chi connectivity index (χ3v) is 1.66. The molecule has 4 nitrogen and oxygen atoms in total. The van der Waals surface area contributed by atoms with Crippen molar-refractivity contribution in [2.24, 2.45) is 0 Å². The third-order valence-electron chi connectivity index (χ3n) is 1.66. The first-order chi connectivity index (χ1) is 4.75. The average molecular weight is 144 g/mol. The molecule has 1 fully saturated rings. The molecule has 0 aromatic heterocycles. The Morgan fingerprint density at radius 1 is 1.70 bits per heavy atom. The summed E-state index contributed by atoms with van der Waals surface area (Å²) in [4.78, 5) is 12.2. The van der Waals surface area contributed by atoms with Crippen LogP contribution in [0.5, 0.6) is 0 Å². The molecule has 1 aliphatic heterocycles. The highest BCUT2D eigenvalue weighted by Crippen LogP contribution is 2.09. The van der Waals surface area contributed by atoms with Crippen LogP contribution in [0.1, 0.15) is 6.42 Å². The fraction of sp³-hybridized carbons (Fsp3) is 0.833. The molecule has 0 aliphatic carbocycles. The monoisotopic (exact) mass is 144 g/mol. The molecule has 0 aromatic carbocycles. The van der Waals surface area contributed by atoms with Crippen LogP contribution in [0.15, 0.2) is 0 Å². The SMILES string of the molecule is [O]CCN1CCC(=O)C1O. The predicted molar refractivity (Wildman–Crippen MR) is 32.8 cm³/mol. The molecule has 57 valence electrons. The lowest BCUT2D eigenvalue weighted by molar-refractivity contribution is -0.129. The molecule has 1 unspecified atom stereocenters. The minimum absolute atomic E-state index is 0.173. The molecule has 1 radical (unpaired) electrons. The number of aliphatic hydroxyl groups is 1. The van der Waals surface area contributed by atoms with E-state index in [1.165, 1.54) is 4.90 Å². The summed E-state index contributed by atoms with van der Waals surface area (Å²) in [6, 6.07) is 0. The normalized spacial score (nSPS) is 27.8. The van der Waals surface area contributed by atoms with E-state index in [9.17, 15) is 9.90 Å². The fourth-order valence-corrected chi connectivity index (χ4v) is 1.06. The van der Waals surface area contributed by atoms with E-state index >= 15 is 0 Å². The number of hydrogen-bond acceptors (Lipinski definition) is 3. The molecular weight excluding hydrogens is 134 g/mol. The lowest BCUT2D eigenvalue weighted by atomic mass is 10.3. The summed E-state index contributed by atoms with van der Waals surface area (Å²) < 4.78 is 0. The topological polar surface area (TPSA) is 60.4 Å². The van der Waals surface area contributed by atoms with Gasteiger partial charge in [0.05, 0.1) is 6.61 Å². The summed E-state index contributed by atoms with van der Waals surface area (Å²) in [5.41, 5.74) is 0. The number of ketones is 1. The molecule has 10 heavy (non-hydrogen) atoms. The Balaban J connectivity index is 2.41. The van der Waals surface area contributed by atoms with Gasteiger partial charge in [0.15, 0.2) is 12.0 Å². The molecule has 1 aliphatic rings. The number of aliphatic hydroxyl groups excluding tert-OH is 1. The molecule has 1 saturated heterocycles. The maximum absolute atomic E-state index is 10.7. The van der Waals surface area contributed by atoms with E-state index in [4.69, 9.17) is 5.11 Å².